The summed E-state index contributed by atoms with van der Waals surface area (Å²) in [5, 5.41) is 12.9. The Morgan fingerprint density at radius 3 is 2.46 bits per heavy atom. The second-order valence-corrected chi connectivity index (χ2v) is 10.8. The standard InChI is InChI=1S/C30H35Cl2N3O4/c1-30(27-12-7-23(31)19-28(27)32)38-21-26(39-30)20-37-25-10-8-24(9-11-25)34-14-16-35(17-15-34)33-29(13-18-36)22-5-3-2-4-6-22/h2-12,19,26,29,33,36H,13-18,20-21H2,1H3/t26-,29?,30+/m1/s1. The van der Waals surface area contributed by atoms with Crippen LogP contribution in [-0.4, -0.2) is 62.2 Å². The molecule has 3 aromatic carbocycles. The Morgan fingerprint density at radius 2 is 1.77 bits per heavy atom. The molecule has 2 aliphatic rings. The summed E-state index contributed by atoms with van der Waals surface area (Å²) >= 11 is 12.4. The highest BCUT2D eigenvalue weighted by atomic mass is 35.5. The van der Waals surface area contributed by atoms with Crippen LogP contribution in [-0.2, 0) is 15.3 Å². The molecule has 3 aromatic rings. The number of nitrogens with one attached hydrogen (secondary N) is 1. The Morgan fingerprint density at radius 1 is 1.03 bits per heavy atom. The van der Waals surface area contributed by atoms with E-state index in [1.54, 1.807) is 12.1 Å². The Kier molecular flexibility index (Phi) is 9.30. The number of anilines is 1. The number of hydrazine groups is 1. The van der Waals surface area contributed by atoms with Gasteiger partial charge in [0.15, 0.2) is 5.79 Å². The Balaban J connectivity index is 1.09. The minimum atomic E-state index is -0.935. The van der Waals surface area contributed by atoms with Crippen LogP contribution in [0.3, 0.4) is 0 Å². The molecule has 0 bridgehead atoms. The second kappa shape index (κ2) is 12.9. The highest BCUT2D eigenvalue weighted by Crippen LogP contribution is 2.38. The zero-order chi connectivity index (χ0) is 27.2. The molecule has 3 atom stereocenters. The molecule has 0 amide bonds. The van der Waals surface area contributed by atoms with Crippen molar-refractivity contribution in [3.05, 3.63) is 94.0 Å². The van der Waals surface area contributed by atoms with Gasteiger partial charge in [0.25, 0.3) is 0 Å². The van der Waals surface area contributed by atoms with Gasteiger partial charge in [-0.3, -0.25) is 0 Å². The van der Waals surface area contributed by atoms with Crippen molar-refractivity contribution in [3.63, 3.8) is 0 Å². The molecule has 39 heavy (non-hydrogen) atoms. The molecule has 1 unspecified atom stereocenters. The Hall–Kier alpha value is -2.36. The number of ether oxygens (including phenoxy) is 3. The maximum absolute atomic E-state index is 9.53. The predicted molar refractivity (Wildman–Crippen MR) is 154 cm³/mol. The number of hydrogen-bond acceptors (Lipinski definition) is 7. The first-order valence-electron chi connectivity index (χ1n) is 13.4. The average molecular weight is 573 g/mol. The first kappa shape index (κ1) is 28.2. The molecule has 2 heterocycles. The van der Waals surface area contributed by atoms with Crippen LogP contribution in [0.1, 0.15) is 30.5 Å². The molecule has 9 heteroatoms. The van der Waals surface area contributed by atoms with Gasteiger partial charge in [-0.05, 0) is 55.3 Å². The summed E-state index contributed by atoms with van der Waals surface area (Å²) in [5.41, 5.74) is 6.72. The van der Waals surface area contributed by atoms with Crippen LogP contribution >= 0.6 is 23.2 Å². The minimum absolute atomic E-state index is 0.106. The van der Waals surface area contributed by atoms with E-state index in [0.717, 1.165) is 37.5 Å². The fourth-order valence-corrected chi connectivity index (χ4v) is 5.68. The monoisotopic (exact) mass is 571 g/mol. The van der Waals surface area contributed by atoms with E-state index in [4.69, 9.17) is 37.4 Å². The third-order valence-corrected chi connectivity index (χ3v) is 7.78. The van der Waals surface area contributed by atoms with Gasteiger partial charge in [0.2, 0.25) is 0 Å². The third kappa shape index (κ3) is 7.05. The summed E-state index contributed by atoms with van der Waals surface area (Å²) in [4.78, 5) is 2.38. The smallest absolute Gasteiger partial charge is 0.194 e. The van der Waals surface area contributed by atoms with Gasteiger partial charge in [-0.15, -0.1) is 0 Å². The van der Waals surface area contributed by atoms with E-state index in [1.807, 2.05) is 43.3 Å². The lowest BCUT2D eigenvalue weighted by Gasteiger charge is -2.38. The molecule has 2 saturated heterocycles. The maximum Gasteiger partial charge on any atom is 0.194 e. The number of aliphatic hydroxyl groups is 1. The van der Waals surface area contributed by atoms with Crippen molar-refractivity contribution in [1.29, 1.82) is 0 Å². The third-order valence-electron chi connectivity index (χ3n) is 7.23. The summed E-state index contributed by atoms with van der Waals surface area (Å²) in [6, 6.07) is 23.9. The van der Waals surface area contributed by atoms with Crippen LogP contribution < -0.4 is 15.1 Å². The van der Waals surface area contributed by atoms with E-state index in [2.05, 4.69) is 39.6 Å². The van der Waals surface area contributed by atoms with Gasteiger partial charge in [0.05, 0.1) is 11.6 Å². The van der Waals surface area contributed by atoms with Crippen molar-refractivity contribution in [2.45, 2.75) is 31.3 Å². The Labute approximate surface area is 240 Å². The summed E-state index contributed by atoms with van der Waals surface area (Å²) in [5.74, 6) is -0.147. The quantitative estimate of drug-likeness (QED) is 0.337. The van der Waals surface area contributed by atoms with Crippen LogP contribution in [0.4, 0.5) is 5.69 Å². The van der Waals surface area contributed by atoms with Crippen LogP contribution in [0.25, 0.3) is 0 Å². The van der Waals surface area contributed by atoms with Crippen molar-refractivity contribution in [2.75, 3.05) is 50.9 Å². The molecule has 0 aromatic heterocycles. The number of nitrogens with zero attached hydrogens (tertiary/aromatic N) is 2. The Bertz CT molecular complexity index is 1210. The van der Waals surface area contributed by atoms with E-state index in [1.165, 1.54) is 11.3 Å². The highest BCUT2D eigenvalue weighted by Gasteiger charge is 2.40. The van der Waals surface area contributed by atoms with Crippen molar-refractivity contribution in [3.8, 4) is 5.75 Å². The molecule has 0 aliphatic carbocycles. The van der Waals surface area contributed by atoms with Gasteiger partial charge in [-0.1, -0.05) is 59.6 Å². The first-order chi connectivity index (χ1) is 18.9. The van der Waals surface area contributed by atoms with E-state index >= 15 is 0 Å². The van der Waals surface area contributed by atoms with Crippen molar-refractivity contribution >= 4 is 28.9 Å². The lowest BCUT2D eigenvalue weighted by Crippen LogP contribution is -2.53. The zero-order valence-electron chi connectivity index (χ0n) is 22.1. The molecule has 2 fully saturated rings. The summed E-state index contributed by atoms with van der Waals surface area (Å²) in [7, 11) is 0. The minimum Gasteiger partial charge on any atom is -0.491 e. The van der Waals surface area contributed by atoms with E-state index in [0.29, 0.717) is 29.7 Å². The fourth-order valence-electron chi connectivity index (χ4n) is 5.10. The normalized spacial score (nSPS) is 22.7. The van der Waals surface area contributed by atoms with Gasteiger partial charge in [0, 0.05) is 55.1 Å². The summed E-state index contributed by atoms with van der Waals surface area (Å²) < 4.78 is 18.2. The van der Waals surface area contributed by atoms with Gasteiger partial charge >= 0.3 is 0 Å². The molecule has 0 spiro atoms. The van der Waals surface area contributed by atoms with Crippen LogP contribution in [0, 0.1) is 0 Å². The molecule has 0 saturated carbocycles. The molecule has 2 N–H and O–H groups in total. The lowest BCUT2D eigenvalue weighted by atomic mass is 10.1. The number of aliphatic hydroxyl groups excluding tert-OH is 1. The van der Waals surface area contributed by atoms with E-state index in [9.17, 15) is 5.11 Å². The number of benzene rings is 3. The topological polar surface area (TPSA) is 66.4 Å². The number of rotatable bonds is 10. The van der Waals surface area contributed by atoms with Crippen molar-refractivity contribution in [2.24, 2.45) is 0 Å². The lowest BCUT2D eigenvalue weighted by molar-refractivity contribution is -0.164. The molecule has 2 aliphatic heterocycles. The number of halogens is 2. The second-order valence-electron chi connectivity index (χ2n) is 10.0. The van der Waals surface area contributed by atoms with Crippen LogP contribution in [0.15, 0.2) is 72.8 Å². The van der Waals surface area contributed by atoms with Crippen LogP contribution in [0.5, 0.6) is 5.75 Å². The van der Waals surface area contributed by atoms with Crippen molar-refractivity contribution < 1.29 is 19.3 Å². The van der Waals surface area contributed by atoms with E-state index < -0.39 is 5.79 Å². The van der Waals surface area contributed by atoms with Crippen LogP contribution in [0.2, 0.25) is 10.0 Å². The average Bonchev–Trinajstić information content (AvgIpc) is 3.34. The molecular formula is C30H35Cl2N3O4. The van der Waals surface area contributed by atoms with Gasteiger partial charge in [-0.2, -0.15) is 0 Å². The largest absolute Gasteiger partial charge is 0.491 e. The van der Waals surface area contributed by atoms with Gasteiger partial charge < -0.3 is 24.2 Å². The predicted octanol–water partition coefficient (Wildman–Crippen LogP) is 5.41. The van der Waals surface area contributed by atoms with E-state index in [-0.39, 0.29) is 18.8 Å². The summed E-state index contributed by atoms with van der Waals surface area (Å²) in [6.45, 7) is 6.40. The molecule has 0 radical (unpaired) electrons. The van der Waals surface area contributed by atoms with Crippen molar-refractivity contribution in [1.82, 2.24) is 10.4 Å². The SMILES string of the molecule is C[C@]1(c2ccc(Cl)cc2Cl)OC[C@@H](COc2ccc(N3CCN(NC(CCO)c4ccccc4)CC3)cc2)O1. The number of piperazine rings is 1. The highest BCUT2D eigenvalue weighted by molar-refractivity contribution is 6.35. The first-order valence-corrected chi connectivity index (χ1v) is 14.1. The number of hydrogen-bond donors (Lipinski definition) is 2. The van der Waals surface area contributed by atoms with Gasteiger partial charge in [-0.25, -0.2) is 10.4 Å². The molecule has 5 rings (SSSR count). The molecule has 7 nitrogen and oxygen atoms in total. The zero-order valence-corrected chi connectivity index (χ0v) is 23.6. The molecular weight excluding hydrogens is 537 g/mol. The molecule has 208 valence electrons. The fraction of sp³-hybridized carbons (Fsp3) is 0.400. The maximum atomic E-state index is 9.53. The summed E-state index contributed by atoms with van der Waals surface area (Å²) in [6.07, 6.45) is 0.463. The van der Waals surface area contributed by atoms with Gasteiger partial charge in [0.1, 0.15) is 18.5 Å².